The fourth-order valence-corrected chi connectivity index (χ4v) is 1.86. The van der Waals surface area contributed by atoms with Gasteiger partial charge in [0.2, 0.25) is 0 Å². The lowest BCUT2D eigenvalue weighted by Crippen LogP contribution is -2.27. The predicted molar refractivity (Wildman–Crippen MR) is 67.8 cm³/mol. The molecule has 1 heterocycles. The Hall–Kier alpha value is -1.40. The largest absolute Gasteiger partial charge is 0.396 e. The molecule has 1 unspecified atom stereocenters. The number of aliphatic hydroxyl groups is 1. The molecule has 0 spiro atoms. The van der Waals surface area contributed by atoms with Crippen molar-refractivity contribution in [3.05, 3.63) is 22.2 Å². The molecule has 0 radical (unpaired) electrons. The van der Waals surface area contributed by atoms with E-state index in [1.54, 1.807) is 7.11 Å². The zero-order valence-electron chi connectivity index (χ0n) is 10.5. The van der Waals surface area contributed by atoms with Crippen molar-refractivity contribution in [2.24, 2.45) is 0 Å². The van der Waals surface area contributed by atoms with Gasteiger partial charge < -0.3 is 20.1 Å². The SMILES string of the molecule is COCC(CCO)Nc1cc(=O)[nH]c(C2CC2)n1. The van der Waals surface area contributed by atoms with E-state index in [4.69, 9.17) is 9.84 Å². The number of ether oxygens (including phenoxy) is 1. The standard InChI is InChI=1S/C12H19N3O3/c1-18-7-9(4-5-16)13-10-6-11(17)15-12(14-10)8-2-3-8/h6,8-9,16H,2-5,7H2,1H3,(H2,13,14,15,17). The maximum absolute atomic E-state index is 11.5. The van der Waals surface area contributed by atoms with Crippen molar-refractivity contribution < 1.29 is 9.84 Å². The molecule has 0 aliphatic heterocycles. The van der Waals surface area contributed by atoms with Crippen LogP contribution in [-0.4, -0.2) is 41.4 Å². The molecule has 0 amide bonds. The Bertz CT molecular complexity index is 436. The van der Waals surface area contributed by atoms with Gasteiger partial charge in [-0.3, -0.25) is 4.79 Å². The second kappa shape index (κ2) is 5.97. The molecule has 6 nitrogen and oxygen atoms in total. The molecular weight excluding hydrogens is 234 g/mol. The summed E-state index contributed by atoms with van der Waals surface area (Å²) in [7, 11) is 1.60. The van der Waals surface area contributed by atoms with Gasteiger partial charge >= 0.3 is 0 Å². The van der Waals surface area contributed by atoms with E-state index in [9.17, 15) is 4.79 Å². The molecule has 1 aliphatic carbocycles. The molecule has 3 N–H and O–H groups in total. The smallest absolute Gasteiger partial charge is 0.252 e. The average molecular weight is 253 g/mol. The zero-order valence-corrected chi connectivity index (χ0v) is 10.5. The van der Waals surface area contributed by atoms with Gasteiger partial charge in [-0.2, -0.15) is 0 Å². The molecule has 1 aromatic heterocycles. The minimum atomic E-state index is -0.144. The Labute approximate surface area is 105 Å². The number of anilines is 1. The molecule has 2 rings (SSSR count). The topological polar surface area (TPSA) is 87.2 Å². The molecule has 0 bridgehead atoms. The highest BCUT2D eigenvalue weighted by Gasteiger charge is 2.26. The van der Waals surface area contributed by atoms with Crippen molar-refractivity contribution in [3.63, 3.8) is 0 Å². The van der Waals surface area contributed by atoms with Crippen molar-refractivity contribution in [2.45, 2.75) is 31.2 Å². The van der Waals surface area contributed by atoms with E-state index in [2.05, 4.69) is 15.3 Å². The molecule has 1 aromatic rings. The molecule has 1 saturated carbocycles. The number of nitrogens with one attached hydrogen (secondary N) is 2. The highest BCUT2D eigenvalue weighted by Crippen LogP contribution is 2.37. The Balaban J connectivity index is 2.08. The summed E-state index contributed by atoms with van der Waals surface area (Å²) in [6, 6.07) is 1.40. The number of hydrogen-bond acceptors (Lipinski definition) is 5. The molecule has 100 valence electrons. The Kier molecular flexibility index (Phi) is 4.33. The van der Waals surface area contributed by atoms with E-state index in [-0.39, 0.29) is 18.2 Å². The van der Waals surface area contributed by atoms with E-state index >= 15 is 0 Å². The van der Waals surface area contributed by atoms with Gasteiger partial charge in [0.05, 0.1) is 12.6 Å². The van der Waals surface area contributed by atoms with Crippen LogP contribution < -0.4 is 10.9 Å². The molecule has 18 heavy (non-hydrogen) atoms. The Morgan fingerprint density at radius 2 is 2.44 bits per heavy atom. The maximum Gasteiger partial charge on any atom is 0.252 e. The second-order valence-corrected chi connectivity index (χ2v) is 4.60. The van der Waals surface area contributed by atoms with Crippen LogP contribution in [0.4, 0.5) is 5.82 Å². The summed E-state index contributed by atoms with van der Waals surface area (Å²) in [6.45, 7) is 0.535. The lowest BCUT2D eigenvalue weighted by Gasteiger charge is -2.17. The predicted octanol–water partition coefficient (Wildman–Crippen LogP) is 0.457. The summed E-state index contributed by atoms with van der Waals surface area (Å²) in [5.74, 6) is 1.71. The molecule has 1 atom stereocenters. The van der Waals surface area contributed by atoms with Crippen LogP contribution in [0.3, 0.4) is 0 Å². The van der Waals surface area contributed by atoms with Gasteiger partial charge in [-0.15, -0.1) is 0 Å². The normalized spacial score (nSPS) is 16.6. The lowest BCUT2D eigenvalue weighted by molar-refractivity contribution is 0.170. The molecule has 0 aromatic carbocycles. The first-order valence-electron chi connectivity index (χ1n) is 6.20. The minimum absolute atomic E-state index is 0.0404. The zero-order chi connectivity index (χ0) is 13.0. The van der Waals surface area contributed by atoms with Gasteiger partial charge in [0.1, 0.15) is 11.6 Å². The lowest BCUT2D eigenvalue weighted by atomic mass is 10.2. The highest BCUT2D eigenvalue weighted by atomic mass is 16.5. The first-order chi connectivity index (χ1) is 8.72. The van der Waals surface area contributed by atoms with Crippen LogP contribution in [0, 0.1) is 0 Å². The monoisotopic (exact) mass is 253 g/mol. The van der Waals surface area contributed by atoms with Gasteiger partial charge in [-0.25, -0.2) is 4.98 Å². The fourth-order valence-electron chi connectivity index (χ4n) is 1.86. The summed E-state index contributed by atoms with van der Waals surface area (Å²) in [6.07, 6.45) is 2.73. The highest BCUT2D eigenvalue weighted by molar-refractivity contribution is 5.35. The summed E-state index contributed by atoms with van der Waals surface area (Å²) >= 11 is 0. The van der Waals surface area contributed by atoms with Gasteiger partial charge in [0.15, 0.2) is 0 Å². The van der Waals surface area contributed by atoms with Gasteiger partial charge in [0.25, 0.3) is 5.56 Å². The van der Waals surface area contributed by atoms with Gasteiger partial charge in [-0.05, 0) is 19.3 Å². The Morgan fingerprint density at radius 1 is 1.67 bits per heavy atom. The number of rotatable bonds is 7. The Morgan fingerprint density at radius 3 is 3.06 bits per heavy atom. The molecule has 1 fully saturated rings. The number of aromatic amines is 1. The van der Waals surface area contributed by atoms with E-state index < -0.39 is 0 Å². The quantitative estimate of drug-likeness (QED) is 0.657. The van der Waals surface area contributed by atoms with Gasteiger partial charge in [-0.1, -0.05) is 0 Å². The maximum atomic E-state index is 11.5. The van der Waals surface area contributed by atoms with Crippen LogP contribution in [0.25, 0.3) is 0 Å². The van der Waals surface area contributed by atoms with Gasteiger partial charge in [0, 0.05) is 25.7 Å². The first-order valence-corrected chi connectivity index (χ1v) is 6.20. The molecule has 1 aliphatic rings. The number of H-pyrrole nitrogens is 1. The van der Waals surface area contributed by atoms with Crippen LogP contribution in [0.2, 0.25) is 0 Å². The van der Waals surface area contributed by atoms with Crippen LogP contribution in [-0.2, 0) is 4.74 Å². The van der Waals surface area contributed by atoms with Crippen molar-refractivity contribution in [1.29, 1.82) is 0 Å². The van der Waals surface area contributed by atoms with E-state index in [1.165, 1.54) is 6.07 Å². The van der Waals surface area contributed by atoms with Crippen LogP contribution in [0.1, 0.15) is 31.0 Å². The summed E-state index contributed by atoms with van der Waals surface area (Å²) < 4.78 is 5.06. The van der Waals surface area contributed by atoms with Crippen LogP contribution in [0.15, 0.2) is 10.9 Å². The van der Waals surface area contributed by atoms with Crippen LogP contribution in [0.5, 0.6) is 0 Å². The summed E-state index contributed by atoms with van der Waals surface area (Å²) in [5, 5.41) is 12.1. The van der Waals surface area contributed by atoms with E-state index in [0.717, 1.165) is 18.7 Å². The fraction of sp³-hybridized carbons (Fsp3) is 0.667. The second-order valence-electron chi connectivity index (χ2n) is 4.60. The summed E-state index contributed by atoms with van der Waals surface area (Å²) in [4.78, 5) is 18.7. The van der Waals surface area contributed by atoms with Crippen molar-refractivity contribution >= 4 is 5.82 Å². The van der Waals surface area contributed by atoms with E-state index in [1.807, 2.05) is 0 Å². The van der Waals surface area contributed by atoms with E-state index in [0.29, 0.717) is 24.8 Å². The van der Waals surface area contributed by atoms with Crippen molar-refractivity contribution in [3.8, 4) is 0 Å². The molecular formula is C12H19N3O3. The third kappa shape index (κ3) is 3.54. The number of aromatic nitrogens is 2. The number of aliphatic hydroxyl groups excluding tert-OH is 1. The molecule has 0 saturated heterocycles. The average Bonchev–Trinajstić information content (AvgIpc) is 3.12. The number of methoxy groups -OCH3 is 1. The number of nitrogens with zero attached hydrogens (tertiary/aromatic N) is 1. The molecule has 6 heteroatoms. The van der Waals surface area contributed by atoms with Crippen molar-refractivity contribution in [1.82, 2.24) is 9.97 Å². The van der Waals surface area contributed by atoms with Crippen molar-refractivity contribution in [2.75, 3.05) is 25.6 Å². The first kappa shape index (κ1) is 13.0. The minimum Gasteiger partial charge on any atom is -0.396 e. The third-order valence-electron chi connectivity index (χ3n) is 2.92. The third-order valence-corrected chi connectivity index (χ3v) is 2.92. The van der Waals surface area contributed by atoms with Crippen LogP contribution >= 0.6 is 0 Å². The number of hydrogen-bond donors (Lipinski definition) is 3. The summed E-state index contributed by atoms with van der Waals surface area (Å²) in [5.41, 5.74) is -0.144.